The Labute approximate surface area is 126 Å². The Hall–Kier alpha value is -2.03. The third kappa shape index (κ3) is 3.97. The second kappa shape index (κ2) is 7.11. The number of nitrogens with zero attached hydrogens (tertiary/aromatic N) is 4. The molecule has 8 nitrogen and oxygen atoms in total. The van der Waals surface area contributed by atoms with Gasteiger partial charge in [-0.1, -0.05) is 13.8 Å². The van der Waals surface area contributed by atoms with Crippen LogP contribution < -0.4 is 16.7 Å². The van der Waals surface area contributed by atoms with Crippen LogP contribution in [0.5, 0.6) is 0 Å². The van der Waals surface area contributed by atoms with Gasteiger partial charge in [-0.3, -0.25) is 4.57 Å². The third-order valence-corrected chi connectivity index (χ3v) is 3.55. The number of aromatic nitrogens is 5. The normalized spacial score (nSPS) is 10.8. The van der Waals surface area contributed by atoms with E-state index >= 15 is 0 Å². The van der Waals surface area contributed by atoms with Gasteiger partial charge >= 0.3 is 5.69 Å². The van der Waals surface area contributed by atoms with Crippen molar-refractivity contribution in [2.75, 3.05) is 17.6 Å². The molecule has 0 radical (unpaired) electrons. The van der Waals surface area contributed by atoms with Crippen LogP contribution in [0, 0.1) is 0 Å². The summed E-state index contributed by atoms with van der Waals surface area (Å²) in [6.07, 6.45) is 1.84. The van der Waals surface area contributed by atoms with E-state index in [1.54, 1.807) is 10.6 Å². The summed E-state index contributed by atoms with van der Waals surface area (Å²) in [5, 5.41) is 10.9. The molecule has 0 aliphatic heterocycles. The summed E-state index contributed by atoms with van der Waals surface area (Å²) in [4.78, 5) is 19.9. The van der Waals surface area contributed by atoms with Gasteiger partial charge < -0.3 is 11.1 Å². The Kier molecular flexibility index (Phi) is 5.20. The first-order chi connectivity index (χ1) is 10.1. The van der Waals surface area contributed by atoms with E-state index in [4.69, 9.17) is 5.73 Å². The van der Waals surface area contributed by atoms with E-state index in [-0.39, 0.29) is 11.6 Å². The van der Waals surface area contributed by atoms with Gasteiger partial charge in [-0.25, -0.2) is 14.9 Å². The minimum absolute atomic E-state index is 0.193. The minimum atomic E-state index is -0.217. The molecule has 0 spiro atoms. The van der Waals surface area contributed by atoms with Crippen LogP contribution in [0.4, 0.5) is 11.8 Å². The smallest absolute Gasteiger partial charge is 0.343 e. The molecule has 2 heterocycles. The Morgan fingerprint density at radius 3 is 2.90 bits per heavy atom. The molecular formula is C12H19N7OS. The molecule has 4 N–H and O–H groups in total. The third-order valence-electron chi connectivity index (χ3n) is 2.64. The molecule has 9 heteroatoms. The molecule has 0 aliphatic carbocycles. The van der Waals surface area contributed by atoms with Crippen molar-refractivity contribution in [3.8, 4) is 0 Å². The molecule has 0 atom stereocenters. The van der Waals surface area contributed by atoms with Crippen molar-refractivity contribution in [2.45, 2.75) is 43.4 Å². The van der Waals surface area contributed by atoms with Gasteiger partial charge in [0.05, 0.1) is 0 Å². The van der Waals surface area contributed by atoms with Gasteiger partial charge in [-0.2, -0.15) is 4.98 Å². The zero-order chi connectivity index (χ0) is 15.2. The topological polar surface area (TPSA) is 115 Å². The Balaban J connectivity index is 2.23. The number of hydrogen-bond acceptors (Lipinski definition) is 7. The van der Waals surface area contributed by atoms with Gasteiger partial charge in [-0.05, 0) is 24.6 Å². The summed E-state index contributed by atoms with van der Waals surface area (Å²) < 4.78 is 1.59. The highest BCUT2D eigenvalue weighted by molar-refractivity contribution is 7.99. The summed E-state index contributed by atoms with van der Waals surface area (Å²) in [5.41, 5.74) is 5.50. The monoisotopic (exact) mass is 309 g/mol. The number of rotatable bonds is 7. The number of hydrogen-bond donors (Lipinski definition) is 3. The molecule has 21 heavy (non-hydrogen) atoms. The van der Waals surface area contributed by atoms with Crippen molar-refractivity contribution in [3.05, 3.63) is 16.6 Å². The largest absolute Gasteiger partial charge is 0.370 e. The van der Waals surface area contributed by atoms with Crippen molar-refractivity contribution in [1.29, 1.82) is 0 Å². The maximum atomic E-state index is 11.7. The van der Waals surface area contributed by atoms with E-state index in [2.05, 4.69) is 32.4 Å². The quantitative estimate of drug-likeness (QED) is 0.661. The number of nitrogens with one attached hydrogen (secondary N) is 2. The fourth-order valence-electron chi connectivity index (χ4n) is 1.73. The van der Waals surface area contributed by atoms with Gasteiger partial charge in [0.1, 0.15) is 10.8 Å². The zero-order valence-electron chi connectivity index (χ0n) is 12.1. The van der Waals surface area contributed by atoms with E-state index in [1.807, 2.05) is 6.92 Å². The van der Waals surface area contributed by atoms with Crippen molar-refractivity contribution in [2.24, 2.45) is 0 Å². The molecule has 114 valence electrons. The molecular weight excluding hydrogens is 290 g/mol. The number of H-pyrrole nitrogens is 1. The highest BCUT2D eigenvalue weighted by Gasteiger charge is 2.11. The van der Waals surface area contributed by atoms with Crippen LogP contribution in [0.3, 0.4) is 0 Å². The van der Waals surface area contributed by atoms with Gasteiger partial charge in [0.15, 0.2) is 5.16 Å². The average molecular weight is 309 g/mol. The molecule has 2 rings (SSSR count). The number of nitrogen functional groups attached to an aromatic ring is 1. The van der Waals surface area contributed by atoms with Crippen molar-refractivity contribution >= 4 is 23.5 Å². The lowest BCUT2D eigenvalue weighted by Crippen LogP contribution is -2.17. The summed E-state index contributed by atoms with van der Waals surface area (Å²) in [5.74, 6) is 0.866. The SMILES string of the molecule is CCCNc1cc(Sc2n[nH]c(=O)n2CCC)nc(N)n1. The first kappa shape index (κ1) is 15.4. The van der Waals surface area contributed by atoms with E-state index in [9.17, 15) is 4.79 Å². The van der Waals surface area contributed by atoms with E-state index < -0.39 is 0 Å². The van der Waals surface area contributed by atoms with Crippen LogP contribution >= 0.6 is 11.8 Å². The molecule has 0 saturated carbocycles. The minimum Gasteiger partial charge on any atom is -0.370 e. The predicted molar refractivity (Wildman–Crippen MR) is 82.5 cm³/mol. The van der Waals surface area contributed by atoms with Crippen LogP contribution in [0.15, 0.2) is 21.0 Å². The second-order valence-electron chi connectivity index (χ2n) is 4.44. The standard InChI is InChI=1S/C12H19N7OS/c1-3-5-14-8-7-9(16-10(13)15-8)21-12-18-17-11(20)19(12)6-4-2/h7H,3-6H2,1-2H3,(H,17,20)(H3,13,14,15,16). The van der Waals surface area contributed by atoms with Crippen LogP contribution in [0.1, 0.15) is 26.7 Å². The lowest BCUT2D eigenvalue weighted by Gasteiger charge is -2.07. The van der Waals surface area contributed by atoms with Crippen molar-refractivity contribution in [1.82, 2.24) is 24.7 Å². The predicted octanol–water partition coefficient (Wildman–Crippen LogP) is 1.33. The summed E-state index contributed by atoms with van der Waals surface area (Å²) >= 11 is 1.29. The van der Waals surface area contributed by atoms with Crippen LogP contribution in [-0.2, 0) is 6.54 Å². The summed E-state index contributed by atoms with van der Waals surface area (Å²) in [6, 6.07) is 1.80. The van der Waals surface area contributed by atoms with E-state index in [1.165, 1.54) is 11.8 Å². The molecule has 0 amide bonds. The van der Waals surface area contributed by atoms with Crippen LogP contribution in [0.2, 0.25) is 0 Å². The van der Waals surface area contributed by atoms with Crippen molar-refractivity contribution in [3.63, 3.8) is 0 Å². The maximum absolute atomic E-state index is 11.7. The first-order valence-electron chi connectivity index (χ1n) is 6.85. The first-order valence-corrected chi connectivity index (χ1v) is 7.67. The number of anilines is 2. The van der Waals surface area contributed by atoms with E-state index in [0.717, 1.165) is 19.4 Å². The van der Waals surface area contributed by atoms with Crippen LogP contribution in [-0.4, -0.2) is 31.3 Å². The highest BCUT2D eigenvalue weighted by Crippen LogP contribution is 2.25. The van der Waals surface area contributed by atoms with E-state index in [0.29, 0.717) is 22.5 Å². The molecule has 0 bridgehead atoms. The van der Waals surface area contributed by atoms with Crippen molar-refractivity contribution < 1.29 is 0 Å². The molecule has 0 aliphatic rings. The van der Waals surface area contributed by atoms with Gasteiger partial charge in [0, 0.05) is 19.2 Å². The maximum Gasteiger partial charge on any atom is 0.343 e. The lowest BCUT2D eigenvalue weighted by molar-refractivity contribution is 0.603. The molecule has 2 aromatic rings. The fraction of sp³-hybridized carbons (Fsp3) is 0.500. The van der Waals surface area contributed by atoms with Gasteiger partial charge in [-0.15, -0.1) is 5.10 Å². The lowest BCUT2D eigenvalue weighted by atomic mass is 10.4. The average Bonchev–Trinajstić information content (AvgIpc) is 2.78. The highest BCUT2D eigenvalue weighted by atomic mass is 32.2. The van der Waals surface area contributed by atoms with Gasteiger partial charge in [0.2, 0.25) is 5.95 Å². The Morgan fingerprint density at radius 1 is 1.38 bits per heavy atom. The van der Waals surface area contributed by atoms with Gasteiger partial charge in [0.25, 0.3) is 0 Å². The summed E-state index contributed by atoms with van der Waals surface area (Å²) in [6.45, 7) is 5.49. The molecule has 0 unspecified atom stereocenters. The van der Waals surface area contributed by atoms with Crippen LogP contribution in [0.25, 0.3) is 0 Å². The fourth-order valence-corrected chi connectivity index (χ4v) is 2.61. The Morgan fingerprint density at radius 2 is 2.19 bits per heavy atom. The zero-order valence-corrected chi connectivity index (χ0v) is 12.9. The number of aromatic amines is 1. The summed E-state index contributed by atoms with van der Waals surface area (Å²) in [7, 11) is 0. The molecule has 0 fully saturated rings. The second-order valence-corrected chi connectivity index (χ2v) is 5.43. The molecule has 0 aromatic carbocycles. The number of nitrogens with two attached hydrogens (primary N) is 1. The Bertz CT molecular complexity index is 651. The molecule has 2 aromatic heterocycles. The molecule has 0 saturated heterocycles.